The number of hydrogen-bond acceptors (Lipinski definition) is 3. The van der Waals surface area contributed by atoms with Gasteiger partial charge in [-0.15, -0.1) is 0 Å². The second-order valence-electron chi connectivity index (χ2n) is 6.34. The minimum Gasteiger partial charge on any atom is -0.488 e. The Morgan fingerprint density at radius 3 is 2.41 bits per heavy atom. The van der Waals surface area contributed by atoms with Crippen molar-refractivity contribution in [2.24, 2.45) is 0 Å². The van der Waals surface area contributed by atoms with Crippen LogP contribution in [0.4, 0.5) is 5.69 Å². The van der Waals surface area contributed by atoms with Gasteiger partial charge in [-0.3, -0.25) is 4.79 Å². The molecule has 2 saturated heterocycles. The number of hydrogen-bond donors (Lipinski definition) is 0. The van der Waals surface area contributed by atoms with Gasteiger partial charge in [-0.1, -0.05) is 12.1 Å². The standard InChI is InChI=1S/C18H26N2O2/c1-15(21)19-13-9-16(10-14-19)22-18-8-4-3-7-17(18)20-11-5-2-6-12-20/h3-4,7-8,16H,2,5-6,9-14H2,1H3. The third kappa shape index (κ3) is 3.54. The van der Waals surface area contributed by atoms with Crippen molar-refractivity contribution in [1.82, 2.24) is 4.90 Å². The Bertz CT molecular complexity index is 504. The molecule has 1 aromatic rings. The predicted octanol–water partition coefficient (Wildman–Crippen LogP) is 3.07. The average molecular weight is 302 g/mol. The first-order valence-corrected chi connectivity index (χ1v) is 8.50. The number of anilines is 1. The fourth-order valence-corrected chi connectivity index (χ4v) is 3.42. The van der Waals surface area contributed by atoms with Crippen LogP contribution >= 0.6 is 0 Å². The molecule has 1 amide bonds. The van der Waals surface area contributed by atoms with Gasteiger partial charge in [0.25, 0.3) is 0 Å². The fourth-order valence-electron chi connectivity index (χ4n) is 3.42. The molecular weight excluding hydrogens is 276 g/mol. The van der Waals surface area contributed by atoms with Gasteiger partial charge in [-0.25, -0.2) is 0 Å². The third-order valence-corrected chi connectivity index (χ3v) is 4.74. The molecule has 4 nitrogen and oxygen atoms in total. The normalized spacial score (nSPS) is 20.0. The van der Waals surface area contributed by atoms with Crippen LogP contribution in [0.3, 0.4) is 0 Å². The number of rotatable bonds is 3. The van der Waals surface area contributed by atoms with Gasteiger partial charge in [0.05, 0.1) is 5.69 Å². The highest BCUT2D eigenvalue weighted by Crippen LogP contribution is 2.32. The molecule has 0 N–H and O–H groups in total. The SMILES string of the molecule is CC(=O)N1CCC(Oc2ccccc2N2CCCCC2)CC1. The average Bonchev–Trinajstić information content (AvgIpc) is 2.57. The number of para-hydroxylation sites is 2. The quantitative estimate of drug-likeness (QED) is 0.860. The van der Waals surface area contributed by atoms with E-state index in [2.05, 4.69) is 23.1 Å². The Balaban J connectivity index is 1.64. The largest absolute Gasteiger partial charge is 0.488 e. The monoisotopic (exact) mass is 302 g/mol. The van der Waals surface area contributed by atoms with Crippen molar-refractivity contribution in [3.63, 3.8) is 0 Å². The van der Waals surface area contributed by atoms with E-state index in [4.69, 9.17) is 4.74 Å². The van der Waals surface area contributed by atoms with E-state index < -0.39 is 0 Å². The summed E-state index contributed by atoms with van der Waals surface area (Å²) >= 11 is 0. The number of nitrogens with zero attached hydrogens (tertiary/aromatic N) is 2. The first-order chi connectivity index (χ1) is 10.7. The summed E-state index contributed by atoms with van der Waals surface area (Å²) < 4.78 is 6.29. The smallest absolute Gasteiger partial charge is 0.219 e. The molecule has 0 unspecified atom stereocenters. The van der Waals surface area contributed by atoms with Crippen molar-refractivity contribution >= 4 is 11.6 Å². The molecule has 0 aromatic heterocycles. The van der Waals surface area contributed by atoms with Crippen molar-refractivity contribution in [2.75, 3.05) is 31.1 Å². The lowest BCUT2D eigenvalue weighted by Crippen LogP contribution is -2.40. The number of ether oxygens (including phenoxy) is 1. The van der Waals surface area contributed by atoms with Crippen LogP contribution in [0.2, 0.25) is 0 Å². The summed E-state index contributed by atoms with van der Waals surface area (Å²) in [6.45, 7) is 5.52. The van der Waals surface area contributed by atoms with Crippen LogP contribution in [0.15, 0.2) is 24.3 Å². The number of piperidine rings is 2. The summed E-state index contributed by atoms with van der Waals surface area (Å²) in [4.78, 5) is 15.8. The van der Waals surface area contributed by atoms with Gasteiger partial charge in [0.15, 0.2) is 0 Å². The van der Waals surface area contributed by atoms with Gasteiger partial charge < -0.3 is 14.5 Å². The van der Waals surface area contributed by atoms with Crippen LogP contribution in [-0.4, -0.2) is 43.1 Å². The Labute approximate surface area is 133 Å². The molecule has 0 atom stereocenters. The first kappa shape index (κ1) is 15.2. The van der Waals surface area contributed by atoms with Crippen LogP contribution in [0.25, 0.3) is 0 Å². The van der Waals surface area contributed by atoms with E-state index in [0.29, 0.717) is 0 Å². The molecule has 0 spiro atoms. The molecule has 2 aliphatic heterocycles. The van der Waals surface area contributed by atoms with E-state index in [-0.39, 0.29) is 12.0 Å². The summed E-state index contributed by atoms with van der Waals surface area (Å²) in [6, 6.07) is 8.40. The lowest BCUT2D eigenvalue weighted by Gasteiger charge is -2.34. The van der Waals surface area contributed by atoms with Crippen molar-refractivity contribution in [2.45, 2.75) is 45.1 Å². The van der Waals surface area contributed by atoms with Crippen LogP contribution in [0, 0.1) is 0 Å². The lowest BCUT2D eigenvalue weighted by molar-refractivity contribution is -0.130. The zero-order valence-corrected chi connectivity index (χ0v) is 13.5. The number of amides is 1. The Morgan fingerprint density at radius 2 is 1.73 bits per heavy atom. The summed E-state index contributed by atoms with van der Waals surface area (Å²) in [5, 5.41) is 0. The highest BCUT2D eigenvalue weighted by atomic mass is 16.5. The maximum atomic E-state index is 11.4. The van der Waals surface area contributed by atoms with Gasteiger partial charge in [-0.05, 0) is 31.4 Å². The minimum absolute atomic E-state index is 0.173. The molecule has 0 radical (unpaired) electrons. The summed E-state index contributed by atoms with van der Waals surface area (Å²) in [6.07, 6.45) is 5.95. The molecule has 0 bridgehead atoms. The fraction of sp³-hybridized carbons (Fsp3) is 0.611. The molecule has 2 fully saturated rings. The van der Waals surface area contributed by atoms with E-state index in [0.717, 1.165) is 44.8 Å². The molecule has 2 aliphatic rings. The zero-order chi connectivity index (χ0) is 15.4. The van der Waals surface area contributed by atoms with E-state index in [9.17, 15) is 4.79 Å². The molecular formula is C18H26N2O2. The van der Waals surface area contributed by atoms with E-state index in [1.807, 2.05) is 11.0 Å². The van der Waals surface area contributed by atoms with Crippen molar-refractivity contribution in [3.05, 3.63) is 24.3 Å². The summed E-state index contributed by atoms with van der Waals surface area (Å²) in [7, 11) is 0. The van der Waals surface area contributed by atoms with Crippen molar-refractivity contribution < 1.29 is 9.53 Å². The van der Waals surface area contributed by atoms with Crippen LogP contribution < -0.4 is 9.64 Å². The molecule has 4 heteroatoms. The topological polar surface area (TPSA) is 32.8 Å². The Morgan fingerprint density at radius 1 is 1.05 bits per heavy atom. The van der Waals surface area contributed by atoms with E-state index in [1.165, 1.54) is 24.9 Å². The molecule has 3 rings (SSSR count). The van der Waals surface area contributed by atoms with Gasteiger partial charge in [0.1, 0.15) is 11.9 Å². The first-order valence-electron chi connectivity index (χ1n) is 8.50. The second kappa shape index (κ2) is 7.03. The molecule has 0 aliphatic carbocycles. The summed E-state index contributed by atoms with van der Waals surface area (Å²) in [5.74, 6) is 1.18. The zero-order valence-electron chi connectivity index (χ0n) is 13.5. The van der Waals surface area contributed by atoms with Gasteiger partial charge in [0.2, 0.25) is 5.91 Å². The van der Waals surface area contributed by atoms with Gasteiger partial charge in [0, 0.05) is 45.9 Å². The number of likely N-dealkylation sites (tertiary alicyclic amines) is 1. The number of carbonyl (C=O) groups is 1. The van der Waals surface area contributed by atoms with Crippen LogP contribution in [0.5, 0.6) is 5.75 Å². The van der Waals surface area contributed by atoms with Gasteiger partial charge >= 0.3 is 0 Å². The highest BCUT2D eigenvalue weighted by Gasteiger charge is 2.23. The molecule has 0 saturated carbocycles. The Hall–Kier alpha value is -1.71. The van der Waals surface area contributed by atoms with Crippen molar-refractivity contribution in [1.29, 1.82) is 0 Å². The second-order valence-corrected chi connectivity index (χ2v) is 6.34. The molecule has 22 heavy (non-hydrogen) atoms. The number of benzene rings is 1. The molecule has 120 valence electrons. The summed E-state index contributed by atoms with van der Waals surface area (Å²) in [5.41, 5.74) is 1.23. The van der Waals surface area contributed by atoms with Crippen LogP contribution in [-0.2, 0) is 4.79 Å². The van der Waals surface area contributed by atoms with E-state index in [1.54, 1.807) is 6.92 Å². The number of carbonyl (C=O) groups excluding carboxylic acids is 1. The lowest BCUT2D eigenvalue weighted by atomic mass is 10.1. The predicted molar refractivity (Wildman–Crippen MR) is 88.4 cm³/mol. The Kier molecular flexibility index (Phi) is 4.86. The minimum atomic E-state index is 0.173. The van der Waals surface area contributed by atoms with Crippen molar-refractivity contribution in [3.8, 4) is 5.75 Å². The maximum Gasteiger partial charge on any atom is 0.219 e. The van der Waals surface area contributed by atoms with Gasteiger partial charge in [-0.2, -0.15) is 0 Å². The molecule has 2 heterocycles. The highest BCUT2D eigenvalue weighted by molar-refractivity contribution is 5.73. The third-order valence-electron chi connectivity index (χ3n) is 4.74. The maximum absolute atomic E-state index is 11.4. The molecule has 1 aromatic carbocycles. The van der Waals surface area contributed by atoms with E-state index >= 15 is 0 Å². The van der Waals surface area contributed by atoms with Crippen LogP contribution in [0.1, 0.15) is 39.0 Å².